The van der Waals surface area contributed by atoms with Gasteiger partial charge in [-0.15, -0.1) is 0 Å². The number of halogens is 1. The van der Waals surface area contributed by atoms with Crippen LogP contribution in [-0.4, -0.2) is 16.0 Å². The van der Waals surface area contributed by atoms with Gasteiger partial charge in [0.15, 0.2) is 5.78 Å². The molecule has 0 unspecified atom stereocenters. The maximum atomic E-state index is 12.9. The molecule has 0 bridgehead atoms. The van der Waals surface area contributed by atoms with Crippen molar-refractivity contribution in [2.24, 2.45) is 0 Å². The summed E-state index contributed by atoms with van der Waals surface area (Å²) in [6, 6.07) is 6.04. The van der Waals surface area contributed by atoms with Crippen LogP contribution in [0.1, 0.15) is 21.5 Å². The van der Waals surface area contributed by atoms with Gasteiger partial charge in [-0.3, -0.25) is 4.79 Å². The first kappa shape index (κ1) is 11.4. The highest BCUT2D eigenvalue weighted by atomic mass is 19.1. The summed E-state index contributed by atoms with van der Waals surface area (Å²) in [7, 11) is 0. The third kappa shape index (κ3) is 2.72. The van der Waals surface area contributed by atoms with Gasteiger partial charge < -0.3 is 0 Å². The van der Waals surface area contributed by atoms with Crippen LogP contribution < -0.4 is 0 Å². The fourth-order valence-corrected chi connectivity index (χ4v) is 1.59. The second-order valence-corrected chi connectivity index (χ2v) is 3.80. The zero-order valence-electron chi connectivity index (χ0n) is 9.35. The Hall–Kier alpha value is -2.10. The molecule has 1 heterocycles. The van der Waals surface area contributed by atoms with Crippen LogP contribution >= 0.6 is 0 Å². The zero-order chi connectivity index (χ0) is 12.3. The van der Waals surface area contributed by atoms with Crippen molar-refractivity contribution in [1.29, 1.82) is 0 Å². The normalized spacial score (nSPS) is 10.2. The first-order chi connectivity index (χ1) is 8.16. The third-order valence-corrected chi connectivity index (χ3v) is 2.56. The molecule has 2 rings (SSSR count). The standard InChI is InChI=1S/C13H11FN2O/c1-9-6-12(14)3-2-10(9)7-13(17)11-4-5-15-16-8-11/h2-6,8H,7H2,1H3. The summed E-state index contributed by atoms with van der Waals surface area (Å²) in [5.74, 6) is -0.334. The molecule has 0 aliphatic rings. The van der Waals surface area contributed by atoms with Crippen LogP contribution in [0.15, 0.2) is 36.7 Å². The summed E-state index contributed by atoms with van der Waals surface area (Å²) >= 11 is 0. The molecule has 0 saturated carbocycles. The molecule has 0 N–H and O–H groups in total. The summed E-state index contributed by atoms with van der Waals surface area (Å²) in [6.45, 7) is 1.79. The number of carbonyl (C=O) groups is 1. The monoisotopic (exact) mass is 230 g/mol. The van der Waals surface area contributed by atoms with Gasteiger partial charge in [0, 0.05) is 12.0 Å². The van der Waals surface area contributed by atoms with Crippen molar-refractivity contribution < 1.29 is 9.18 Å². The van der Waals surface area contributed by atoms with E-state index in [1.165, 1.54) is 24.5 Å². The van der Waals surface area contributed by atoms with E-state index < -0.39 is 0 Å². The van der Waals surface area contributed by atoms with Crippen LogP contribution in [0.4, 0.5) is 4.39 Å². The van der Waals surface area contributed by atoms with Gasteiger partial charge in [0.1, 0.15) is 5.82 Å². The molecule has 86 valence electrons. The number of Topliss-reactive ketones (excluding diaryl/α,β-unsaturated/α-hetero) is 1. The smallest absolute Gasteiger partial charge is 0.168 e. The van der Waals surface area contributed by atoms with Crippen molar-refractivity contribution in [3.8, 4) is 0 Å². The second-order valence-electron chi connectivity index (χ2n) is 3.80. The Morgan fingerprint density at radius 3 is 2.76 bits per heavy atom. The van der Waals surface area contributed by atoms with E-state index in [9.17, 15) is 9.18 Å². The SMILES string of the molecule is Cc1cc(F)ccc1CC(=O)c1ccnnc1. The Kier molecular flexibility index (Phi) is 3.23. The minimum atomic E-state index is -0.288. The number of hydrogen-bond donors (Lipinski definition) is 0. The Morgan fingerprint density at radius 2 is 2.12 bits per heavy atom. The van der Waals surface area contributed by atoms with Crippen molar-refractivity contribution in [3.05, 3.63) is 59.2 Å². The summed E-state index contributed by atoms with van der Waals surface area (Å²) in [4.78, 5) is 11.9. The molecular formula is C13H11FN2O. The number of ketones is 1. The molecule has 0 aliphatic heterocycles. The Labute approximate surface area is 98.3 Å². The molecule has 2 aromatic rings. The largest absolute Gasteiger partial charge is 0.294 e. The molecule has 4 heteroatoms. The van der Waals surface area contributed by atoms with E-state index in [1.807, 2.05) is 0 Å². The highest BCUT2D eigenvalue weighted by molar-refractivity contribution is 5.97. The fourth-order valence-electron chi connectivity index (χ4n) is 1.59. The zero-order valence-corrected chi connectivity index (χ0v) is 9.35. The van der Waals surface area contributed by atoms with Crippen molar-refractivity contribution in [1.82, 2.24) is 10.2 Å². The second kappa shape index (κ2) is 4.82. The van der Waals surface area contributed by atoms with E-state index in [0.717, 1.165) is 11.1 Å². The maximum Gasteiger partial charge on any atom is 0.168 e. The number of nitrogens with zero attached hydrogens (tertiary/aromatic N) is 2. The van der Waals surface area contributed by atoms with Gasteiger partial charge in [-0.2, -0.15) is 10.2 Å². The number of aryl methyl sites for hydroxylation is 1. The van der Waals surface area contributed by atoms with Crippen LogP contribution in [0.25, 0.3) is 0 Å². The molecular weight excluding hydrogens is 219 g/mol. The highest BCUT2D eigenvalue weighted by Gasteiger charge is 2.09. The first-order valence-electron chi connectivity index (χ1n) is 5.22. The summed E-state index contributed by atoms with van der Waals surface area (Å²) in [5, 5.41) is 7.27. The van der Waals surface area contributed by atoms with Crippen molar-refractivity contribution >= 4 is 5.78 Å². The number of hydrogen-bond acceptors (Lipinski definition) is 3. The number of carbonyl (C=O) groups excluding carboxylic acids is 1. The van der Waals surface area contributed by atoms with Gasteiger partial charge in [0.2, 0.25) is 0 Å². The van der Waals surface area contributed by atoms with Crippen LogP contribution in [0.3, 0.4) is 0 Å². The molecule has 0 radical (unpaired) electrons. The third-order valence-electron chi connectivity index (χ3n) is 2.56. The van der Waals surface area contributed by atoms with Gasteiger partial charge in [0.05, 0.1) is 12.4 Å². The Bertz CT molecular complexity index is 540. The highest BCUT2D eigenvalue weighted by Crippen LogP contribution is 2.13. The van der Waals surface area contributed by atoms with Crippen LogP contribution in [0, 0.1) is 12.7 Å². The molecule has 0 fully saturated rings. The lowest BCUT2D eigenvalue weighted by atomic mass is 10.0. The maximum absolute atomic E-state index is 12.9. The van der Waals surface area contributed by atoms with E-state index in [4.69, 9.17) is 0 Å². The molecule has 0 aliphatic carbocycles. The summed E-state index contributed by atoms with van der Waals surface area (Å²) in [5.41, 5.74) is 2.12. The number of rotatable bonds is 3. The summed E-state index contributed by atoms with van der Waals surface area (Å²) in [6.07, 6.45) is 3.16. The molecule has 1 aromatic carbocycles. The molecule has 0 spiro atoms. The van der Waals surface area contributed by atoms with Crippen LogP contribution in [0.5, 0.6) is 0 Å². The van der Waals surface area contributed by atoms with Crippen molar-refractivity contribution in [2.45, 2.75) is 13.3 Å². The van der Waals surface area contributed by atoms with E-state index >= 15 is 0 Å². The van der Waals surface area contributed by atoms with Crippen molar-refractivity contribution in [3.63, 3.8) is 0 Å². The Balaban J connectivity index is 2.19. The Morgan fingerprint density at radius 1 is 1.29 bits per heavy atom. The van der Waals surface area contributed by atoms with Crippen LogP contribution in [0.2, 0.25) is 0 Å². The minimum Gasteiger partial charge on any atom is -0.294 e. The van der Waals surface area contributed by atoms with Gasteiger partial charge in [-0.05, 0) is 36.2 Å². The lowest BCUT2D eigenvalue weighted by molar-refractivity contribution is 0.0992. The molecule has 1 aromatic heterocycles. The van der Waals surface area contributed by atoms with Gasteiger partial charge in [-0.1, -0.05) is 6.07 Å². The van der Waals surface area contributed by atoms with Gasteiger partial charge >= 0.3 is 0 Å². The molecule has 0 amide bonds. The molecule has 0 saturated heterocycles. The van der Waals surface area contributed by atoms with E-state index in [2.05, 4.69) is 10.2 Å². The minimum absolute atomic E-state index is 0.0467. The first-order valence-corrected chi connectivity index (χ1v) is 5.22. The molecule has 17 heavy (non-hydrogen) atoms. The average molecular weight is 230 g/mol. The van der Waals surface area contributed by atoms with Crippen LogP contribution in [-0.2, 0) is 6.42 Å². The average Bonchev–Trinajstić information content (AvgIpc) is 2.34. The number of aromatic nitrogens is 2. The predicted molar refractivity (Wildman–Crippen MR) is 61.2 cm³/mol. The van der Waals surface area contributed by atoms with E-state index in [1.54, 1.807) is 19.1 Å². The number of benzene rings is 1. The molecule has 0 atom stereocenters. The predicted octanol–water partition coefficient (Wildman–Crippen LogP) is 2.35. The summed E-state index contributed by atoms with van der Waals surface area (Å²) < 4.78 is 12.9. The van der Waals surface area contributed by atoms with Gasteiger partial charge in [0.25, 0.3) is 0 Å². The lowest BCUT2D eigenvalue weighted by Gasteiger charge is -2.04. The van der Waals surface area contributed by atoms with E-state index in [0.29, 0.717) is 5.56 Å². The quantitative estimate of drug-likeness (QED) is 0.760. The lowest BCUT2D eigenvalue weighted by Crippen LogP contribution is -2.05. The topological polar surface area (TPSA) is 42.9 Å². The molecule has 3 nitrogen and oxygen atoms in total. The van der Waals surface area contributed by atoms with Crippen molar-refractivity contribution in [2.75, 3.05) is 0 Å². The van der Waals surface area contributed by atoms with Gasteiger partial charge in [-0.25, -0.2) is 4.39 Å². The fraction of sp³-hybridized carbons (Fsp3) is 0.154. The van der Waals surface area contributed by atoms with E-state index in [-0.39, 0.29) is 18.0 Å².